The number of carboxylic acid groups (broad SMARTS) is 1. The highest BCUT2D eigenvalue weighted by molar-refractivity contribution is 5.68. The van der Waals surface area contributed by atoms with E-state index in [-0.39, 0.29) is 12.2 Å². The van der Waals surface area contributed by atoms with E-state index >= 15 is 0 Å². The predicted octanol–water partition coefficient (Wildman–Crippen LogP) is 3.92. The molecule has 0 aliphatic carbocycles. The number of hydrogen-bond donors (Lipinski definition) is 1. The molecule has 116 valence electrons. The number of aryl methyl sites for hydroxylation is 1. The molecule has 2 aromatic rings. The van der Waals surface area contributed by atoms with E-state index in [1.165, 1.54) is 12.1 Å². The standard InChI is InChI=1S/C18H20FNO2/c1-13-4-3-5-17(14(13)2)20(11-10-18(21)22)12-15-6-8-16(19)9-7-15/h3-9H,10-12H2,1-2H3,(H,21,22). The maximum absolute atomic E-state index is 13.0. The molecule has 0 spiro atoms. The normalized spacial score (nSPS) is 10.5. The molecule has 22 heavy (non-hydrogen) atoms. The van der Waals surface area contributed by atoms with Crippen LogP contribution in [0.25, 0.3) is 0 Å². The molecule has 0 atom stereocenters. The molecule has 0 aromatic heterocycles. The van der Waals surface area contributed by atoms with E-state index in [2.05, 4.69) is 0 Å². The molecule has 0 heterocycles. The van der Waals surface area contributed by atoms with Crippen LogP contribution in [0.1, 0.15) is 23.1 Å². The molecule has 0 aliphatic rings. The summed E-state index contributed by atoms with van der Waals surface area (Å²) >= 11 is 0. The fourth-order valence-corrected chi connectivity index (χ4v) is 2.40. The largest absolute Gasteiger partial charge is 0.481 e. The maximum Gasteiger partial charge on any atom is 0.305 e. The van der Waals surface area contributed by atoms with Crippen LogP contribution >= 0.6 is 0 Å². The second-order valence-electron chi connectivity index (χ2n) is 5.41. The van der Waals surface area contributed by atoms with E-state index < -0.39 is 5.97 Å². The number of anilines is 1. The van der Waals surface area contributed by atoms with Crippen LogP contribution in [0.15, 0.2) is 42.5 Å². The highest BCUT2D eigenvalue weighted by Crippen LogP contribution is 2.24. The van der Waals surface area contributed by atoms with Crippen LogP contribution in [-0.4, -0.2) is 17.6 Å². The highest BCUT2D eigenvalue weighted by atomic mass is 19.1. The van der Waals surface area contributed by atoms with Crippen LogP contribution < -0.4 is 4.90 Å². The first-order valence-electron chi connectivity index (χ1n) is 7.25. The van der Waals surface area contributed by atoms with Crippen molar-refractivity contribution in [3.05, 3.63) is 65.0 Å². The van der Waals surface area contributed by atoms with Crippen molar-refractivity contribution in [2.24, 2.45) is 0 Å². The summed E-state index contributed by atoms with van der Waals surface area (Å²) in [7, 11) is 0. The Morgan fingerprint density at radius 1 is 1.14 bits per heavy atom. The Labute approximate surface area is 130 Å². The van der Waals surface area contributed by atoms with Gasteiger partial charge >= 0.3 is 5.97 Å². The number of nitrogens with zero attached hydrogens (tertiary/aromatic N) is 1. The van der Waals surface area contributed by atoms with Crippen molar-refractivity contribution in [2.45, 2.75) is 26.8 Å². The fourth-order valence-electron chi connectivity index (χ4n) is 2.40. The van der Waals surface area contributed by atoms with Gasteiger partial charge in [0.25, 0.3) is 0 Å². The zero-order chi connectivity index (χ0) is 16.1. The van der Waals surface area contributed by atoms with Crippen LogP contribution in [0.5, 0.6) is 0 Å². The third kappa shape index (κ3) is 4.07. The number of benzene rings is 2. The summed E-state index contributed by atoms with van der Waals surface area (Å²) in [4.78, 5) is 12.9. The van der Waals surface area contributed by atoms with Gasteiger partial charge in [-0.05, 0) is 48.7 Å². The number of carboxylic acids is 1. The summed E-state index contributed by atoms with van der Waals surface area (Å²) in [6.45, 7) is 5.03. The number of halogens is 1. The maximum atomic E-state index is 13.0. The minimum atomic E-state index is -0.825. The lowest BCUT2D eigenvalue weighted by atomic mass is 10.1. The quantitative estimate of drug-likeness (QED) is 0.879. The summed E-state index contributed by atoms with van der Waals surface area (Å²) in [5.74, 6) is -1.10. The Balaban J connectivity index is 2.27. The lowest BCUT2D eigenvalue weighted by molar-refractivity contribution is -0.136. The van der Waals surface area contributed by atoms with E-state index in [1.54, 1.807) is 12.1 Å². The third-order valence-corrected chi connectivity index (χ3v) is 3.80. The van der Waals surface area contributed by atoms with Crippen LogP contribution in [-0.2, 0) is 11.3 Å². The molecule has 4 heteroatoms. The zero-order valence-corrected chi connectivity index (χ0v) is 12.8. The zero-order valence-electron chi connectivity index (χ0n) is 12.8. The number of carbonyl (C=O) groups is 1. The van der Waals surface area contributed by atoms with Crippen LogP contribution in [0.2, 0.25) is 0 Å². The van der Waals surface area contributed by atoms with Gasteiger partial charge in [0.1, 0.15) is 5.82 Å². The molecule has 0 aliphatic heterocycles. The van der Waals surface area contributed by atoms with Crippen molar-refractivity contribution in [3.8, 4) is 0 Å². The molecule has 0 fully saturated rings. The molecule has 3 nitrogen and oxygen atoms in total. The van der Waals surface area contributed by atoms with Crippen molar-refractivity contribution in [2.75, 3.05) is 11.4 Å². The first kappa shape index (κ1) is 16.0. The minimum Gasteiger partial charge on any atom is -0.481 e. The van der Waals surface area contributed by atoms with Crippen molar-refractivity contribution >= 4 is 11.7 Å². The van der Waals surface area contributed by atoms with Crippen molar-refractivity contribution in [3.63, 3.8) is 0 Å². The predicted molar refractivity (Wildman–Crippen MR) is 85.6 cm³/mol. The molecule has 0 amide bonds. The van der Waals surface area contributed by atoms with Gasteiger partial charge in [-0.15, -0.1) is 0 Å². The molecule has 2 aromatic carbocycles. The van der Waals surface area contributed by atoms with Crippen LogP contribution in [0.4, 0.5) is 10.1 Å². The first-order chi connectivity index (χ1) is 10.5. The average molecular weight is 301 g/mol. The van der Waals surface area contributed by atoms with Gasteiger partial charge in [-0.2, -0.15) is 0 Å². The Hall–Kier alpha value is -2.36. The molecule has 0 saturated heterocycles. The summed E-state index contributed by atoms with van der Waals surface area (Å²) in [6, 6.07) is 12.3. The molecular weight excluding hydrogens is 281 g/mol. The van der Waals surface area contributed by atoms with Gasteiger partial charge in [-0.1, -0.05) is 24.3 Å². The van der Waals surface area contributed by atoms with Gasteiger partial charge < -0.3 is 10.0 Å². The summed E-state index contributed by atoms with van der Waals surface area (Å²) in [6.07, 6.45) is 0.0641. The first-order valence-corrected chi connectivity index (χ1v) is 7.25. The lowest BCUT2D eigenvalue weighted by Crippen LogP contribution is -2.26. The van der Waals surface area contributed by atoms with E-state index in [4.69, 9.17) is 5.11 Å². The van der Waals surface area contributed by atoms with E-state index in [9.17, 15) is 9.18 Å². The third-order valence-electron chi connectivity index (χ3n) is 3.80. The van der Waals surface area contributed by atoms with Crippen molar-refractivity contribution in [1.29, 1.82) is 0 Å². The van der Waals surface area contributed by atoms with Gasteiger partial charge in [-0.3, -0.25) is 4.79 Å². The number of aliphatic carboxylic acids is 1. The minimum absolute atomic E-state index is 0.0641. The van der Waals surface area contributed by atoms with Crippen LogP contribution in [0, 0.1) is 19.7 Å². The molecule has 0 radical (unpaired) electrons. The van der Waals surface area contributed by atoms with E-state index in [0.717, 1.165) is 22.4 Å². The summed E-state index contributed by atoms with van der Waals surface area (Å²) in [5.41, 5.74) is 4.27. The molecule has 0 saturated carbocycles. The van der Waals surface area contributed by atoms with Gasteiger partial charge in [0, 0.05) is 18.8 Å². The Morgan fingerprint density at radius 2 is 1.82 bits per heavy atom. The Morgan fingerprint density at radius 3 is 2.45 bits per heavy atom. The molecule has 1 N–H and O–H groups in total. The second-order valence-corrected chi connectivity index (χ2v) is 5.41. The number of rotatable bonds is 6. The second kappa shape index (κ2) is 7.07. The molecule has 2 rings (SSSR count). The fraction of sp³-hybridized carbons (Fsp3) is 0.278. The Bertz CT molecular complexity index is 653. The Kier molecular flexibility index (Phi) is 5.15. The van der Waals surface area contributed by atoms with Gasteiger partial charge in [0.2, 0.25) is 0 Å². The summed E-state index contributed by atoms with van der Waals surface area (Å²) < 4.78 is 13.0. The highest BCUT2D eigenvalue weighted by Gasteiger charge is 2.13. The topological polar surface area (TPSA) is 40.5 Å². The lowest BCUT2D eigenvalue weighted by Gasteiger charge is -2.27. The van der Waals surface area contributed by atoms with Crippen molar-refractivity contribution < 1.29 is 14.3 Å². The summed E-state index contributed by atoms with van der Waals surface area (Å²) in [5, 5.41) is 8.96. The molecule has 0 bridgehead atoms. The monoisotopic (exact) mass is 301 g/mol. The SMILES string of the molecule is Cc1cccc(N(CCC(=O)O)Cc2ccc(F)cc2)c1C. The van der Waals surface area contributed by atoms with E-state index in [0.29, 0.717) is 13.1 Å². The number of hydrogen-bond acceptors (Lipinski definition) is 2. The van der Waals surface area contributed by atoms with Gasteiger partial charge in [0.15, 0.2) is 0 Å². The molecule has 0 unspecified atom stereocenters. The smallest absolute Gasteiger partial charge is 0.305 e. The van der Waals surface area contributed by atoms with Crippen LogP contribution in [0.3, 0.4) is 0 Å². The van der Waals surface area contributed by atoms with Gasteiger partial charge in [-0.25, -0.2) is 4.39 Å². The average Bonchev–Trinajstić information content (AvgIpc) is 2.48. The molecular formula is C18H20FNO2. The van der Waals surface area contributed by atoms with Crippen molar-refractivity contribution in [1.82, 2.24) is 0 Å². The van der Waals surface area contributed by atoms with Gasteiger partial charge in [0.05, 0.1) is 6.42 Å². The van der Waals surface area contributed by atoms with E-state index in [1.807, 2.05) is 36.9 Å².